The molecule has 6 nitrogen and oxygen atoms in total. The maximum Gasteiger partial charge on any atom is 0.303 e. The summed E-state index contributed by atoms with van der Waals surface area (Å²) in [5.41, 5.74) is 15.0. The van der Waals surface area contributed by atoms with Crippen molar-refractivity contribution in [2.45, 2.75) is 12.8 Å². The summed E-state index contributed by atoms with van der Waals surface area (Å²) in [4.78, 5) is 15.2. The van der Waals surface area contributed by atoms with E-state index in [-0.39, 0.29) is 6.42 Å². The molecule has 2 rings (SSSR count). The van der Waals surface area contributed by atoms with Gasteiger partial charge in [-0.15, -0.1) is 0 Å². The molecule has 124 valence electrons. The largest absolute Gasteiger partial charge is 0.481 e. The normalized spacial score (nSPS) is 11.6. The lowest BCUT2D eigenvalue weighted by molar-refractivity contribution is -0.136. The van der Waals surface area contributed by atoms with Gasteiger partial charge in [0.15, 0.2) is 0 Å². The lowest BCUT2D eigenvalue weighted by Gasteiger charge is -2.04. The summed E-state index contributed by atoms with van der Waals surface area (Å²) in [6.45, 7) is 0. The number of hydrogen-bond acceptors (Lipinski definition) is 5. The summed E-state index contributed by atoms with van der Waals surface area (Å²) in [6.07, 6.45) is 3.80. The molecule has 0 radical (unpaired) electrons. The van der Waals surface area contributed by atoms with Crippen LogP contribution in [0.2, 0.25) is 0 Å². The van der Waals surface area contributed by atoms with Gasteiger partial charge in [-0.05, 0) is 60.5 Å². The van der Waals surface area contributed by atoms with Gasteiger partial charge in [0.05, 0.1) is 5.69 Å². The topological polar surface area (TPSA) is 114 Å². The molecule has 0 bridgehead atoms. The number of carboxylic acids is 1. The minimum absolute atomic E-state index is 0.0308. The number of anilines is 3. The summed E-state index contributed by atoms with van der Waals surface area (Å²) in [6, 6.07) is 14.4. The van der Waals surface area contributed by atoms with Gasteiger partial charge in [0, 0.05) is 35.9 Å². The van der Waals surface area contributed by atoms with Gasteiger partial charge in [-0.3, -0.25) is 9.79 Å². The molecule has 0 aliphatic carbocycles. The molecule has 24 heavy (non-hydrogen) atoms. The number of nitrogens with two attached hydrogens (primary N) is 2. The second-order valence-corrected chi connectivity index (χ2v) is 5.23. The molecule has 0 aromatic heterocycles. The van der Waals surface area contributed by atoms with Crippen LogP contribution in [-0.2, 0) is 4.79 Å². The average molecular weight is 324 g/mol. The van der Waals surface area contributed by atoms with E-state index in [0.29, 0.717) is 17.8 Å². The van der Waals surface area contributed by atoms with Crippen LogP contribution >= 0.6 is 0 Å². The monoisotopic (exact) mass is 324 g/mol. The number of aliphatic carboxylic acids is 1. The molecule has 6 N–H and O–H groups in total. The number of nitrogens with one attached hydrogen (secondary N) is 1. The molecule has 0 aliphatic rings. The molecular weight excluding hydrogens is 304 g/mol. The maximum absolute atomic E-state index is 10.8. The number of hydrogen-bond donors (Lipinski definition) is 4. The highest BCUT2D eigenvalue weighted by atomic mass is 16.4. The second-order valence-electron chi connectivity index (χ2n) is 5.23. The van der Waals surface area contributed by atoms with Crippen LogP contribution in [0.25, 0.3) is 0 Å². The Bertz CT molecular complexity index is 735. The SMILES string of the molecule is Nc1ccc(N=C/C(=C/Nc2ccc(N)cc2)CCC(=O)O)cc1. The van der Waals surface area contributed by atoms with Crippen LogP contribution in [0.1, 0.15) is 12.8 Å². The van der Waals surface area contributed by atoms with E-state index < -0.39 is 5.97 Å². The van der Waals surface area contributed by atoms with Crippen LogP contribution in [0.3, 0.4) is 0 Å². The zero-order valence-corrected chi connectivity index (χ0v) is 13.1. The van der Waals surface area contributed by atoms with Crippen LogP contribution in [0.15, 0.2) is 65.3 Å². The van der Waals surface area contributed by atoms with Gasteiger partial charge < -0.3 is 21.9 Å². The van der Waals surface area contributed by atoms with Crippen molar-refractivity contribution >= 4 is 34.9 Å². The lowest BCUT2D eigenvalue weighted by atomic mass is 10.1. The zero-order valence-electron chi connectivity index (χ0n) is 13.1. The first-order valence-electron chi connectivity index (χ1n) is 7.45. The first kappa shape index (κ1) is 17.1. The van der Waals surface area contributed by atoms with E-state index in [1.54, 1.807) is 48.8 Å². The van der Waals surface area contributed by atoms with Crippen molar-refractivity contribution in [2.24, 2.45) is 4.99 Å². The Morgan fingerprint density at radius 2 is 1.58 bits per heavy atom. The number of carbonyl (C=O) groups is 1. The third-order valence-electron chi connectivity index (χ3n) is 3.23. The highest BCUT2D eigenvalue weighted by molar-refractivity contribution is 5.82. The summed E-state index contributed by atoms with van der Waals surface area (Å²) in [5, 5.41) is 12.0. The highest BCUT2D eigenvalue weighted by Crippen LogP contribution is 2.15. The van der Waals surface area contributed by atoms with Gasteiger partial charge in [0.2, 0.25) is 0 Å². The smallest absolute Gasteiger partial charge is 0.303 e. The first-order chi connectivity index (χ1) is 11.5. The standard InChI is InChI=1S/C18H20N4O2/c19-14-2-6-16(7-3-14)21-11-13(1-10-18(23)24)12-22-17-8-4-15(20)5-9-17/h2-9,11-12,21H,1,10,19-20H2,(H,23,24)/b13-11+,22-12?. The number of nitrogens with zero attached hydrogens (tertiary/aromatic N) is 1. The predicted octanol–water partition coefficient (Wildman–Crippen LogP) is 3.41. The fourth-order valence-electron chi connectivity index (χ4n) is 1.90. The Kier molecular flexibility index (Phi) is 5.96. The number of allylic oxidation sites excluding steroid dienone is 1. The van der Waals surface area contributed by atoms with E-state index in [1.165, 1.54) is 0 Å². The molecule has 0 saturated carbocycles. The third kappa shape index (κ3) is 5.84. The van der Waals surface area contributed by atoms with Crippen LogP contribution < -0.4 is 16.8 Å². The van der Waals surface area contributed by atoms with E-state index in [4.69, 9.17) is 16.6 Å². The van der Waals surface area contributed by atoms with Crippen LogP contribution in [0.4, 0.5) is 22.7 Å². The molecule has 2 aromatic rings. The highest BCUT2D eigenvalue weighted by Gasteiger charge is 2.01. The summed E-state index contributed by atoms with van der Waals surface area (Å²) in [7, 11) is 0. The predicted molar refractivity (Wildman–Crippen MR) is 98.4 cm³/mol. The quantitative estimate of drug-likeness (QED) is 0.460. The minimum Gasteiger partial charge on any atom is -0.481 e. The number of benzene rings is 2. The van der Waals surface area contributed by atoms with Gasteiger partial charge >= 0.3 is 5.97 Å². The Morgan fingerprint density at radius 1 is 1.00 bits per heavy atom. The molecule has 0 aliphatic heterocycles. The number of rotatable bonds is 7. The fraction of sp³-hybridized carbons (Fsp3) is 0.111. The molecular formula is C18H20N4O2. The number of carboxylic acid groups (broad SMARTS) is 1. The van der Waals surface area contributed by atoms with E-state index in [9.17, 15) is 4.79 Å². The Morgan fingerprint density at radius 3 is 2.17 bits per heavy atom. The Balaban J connectivity index is 2.10. The number of nitrogen functional groups attached to an aromatic ring is 2. The van der Waals surface area contributed by atoms with E-state index in [0.717, 1.165) is 16.9 Å². The molecule has 2 aromatic carbocycles. The summed E-state index contributed by atoms with van der Waals surface area (Å²) >= 11 is 0. The summed E-state index contributed by atoms with van der Waals surface area (Å²) < 4.78 is 0. The van der Waals surface area contributed by atoms with Crippen molar-refractivity contribution in [1.82, 2.24) is 0 Å². The Labute approximate surface area is 140 Å². The van der Waals surface area contributed by atoms with Crippen molar-refractivity contribution in [3.05, 3.63) is 60.3 Å². The second kappa shape index (κ2) is 8.38. The van der Waals surface area contributed by atoms with Crippen molar-refractivity contribution in [2.75, 3.05) is 16.8 Å². The molecule has 0 spiro atoms. The van der Waals surface area contributed by atoms with Crippen LogP contribution in [0, 0.1) is 0 Å². The zero-order chi connectivity index (χ0) is 17.4. The fourth-order valence-corrected chi connectivity index (χ4v) is 1.90. The minimum atomic E-state index is -0.853. The van der Waals surface area contributed by atoms with E-state index in [1.807, 2.05) is 12.1 Å². The van der Waals surface area contributed by atoms with Crippen LogP contribution in [0.5, 0.6) is 0 Å². The molecule has 6 heteroatoms. The van der Waals surface area contributed by atoms with Gasteiger partial charge in [-0.25, -0.2) is 0 Å². The van der Waals surface area contributed by atoms with E-state index >= 15 is 0 Å². The van der Waals surface area contributed by atoms with Crippen molar-refractivity contribution < 1.29 is 9.90 Å². The van der Waals surface area contributed by atoms with Crippen LogP contribution in [-0.4, -0.2) is 17.3 Å². The van der Waals surface area contributed by atoms with Crippen molar-refractivity contribution in [3.63, 3.8) is 0 Å². The van der Waals surface area contributed by atoms with Gasteiger partial charge in [0.25, 0.3) is 0 Å². The molecule has 0 saturated heterocycles. The third-order valence-corrected chi connectivity index (χ3v) is 3.23. The molecule has 0 atom stereocenters. The molecule has 0 heterocycles. The first-order valence-corrected chi connectivity index (χ1v) is 7.45. The number of aliphatic imine (C=N–C) groups is 1. The molecule has 0 fully saturated rings. The van der Waals surface area contributed by atoms with Gasteiger partial charge in [-0.2, -0.15) is 0 Å². The Hall–Kier alpha value is -3.28. The lowest BCUT2D eigenvalue weighted by Crippen LogP contribution is -1.99. The van der Waals surface area contributed by atoms with Crippen molar-refractivity contribution in [1.29, 1.82) is 0 Å². The molecule has 0 amide bonds. The molecule has 0 unspecified atom stereocenters. The van der Waals surface area contributed by atoms with Gasteiger partial charge in [0.1, 0.15) is 0 Å². The summed E-state index contributed by atoms with van der Waals surface area (Å²) in [5.74, 6) is -0.853. The van der Waals surface area contributed by atoms with E-state index in [2.05, 4.69) is 10.3 Å². The average Bonchev–Trinajstić information content (AvgIpc) is 2.57. The van der Waals surface area contributed by atoms with Gasteiger partial charge in [-0.1, -0.05) is 0 Å². The van der Waals surface area contributed by atoms with Crippen molar-refractivity contribution in [3.8, 4) is 0 Å². The maximum atomic E-state index is 10.8.